The van der Waals surface area contributed by atoms with Crippen LogP contribution < -0.4 is 16.0 Å². The Kier molecular flexibility index (Phi) is 14.6. The minimum atomic E-state index is -0.467. The van der Waals surface area contributed by atoms with Gasteiger partial charge in [-0.1, -0.05) is 6.92 Å². The van der Waals surface area contributed by atoms with Gasteiger partial charge in [0.05, 0.1) is 13.2 Å². The Balaban J connectivity index is 0.00000729. The second-order valence-electron chi connectivity index (χ2n) is 7.95. The van der Waals surface area contributed by atoms with Gasteiger partial charge in [-0.2, -0.15) is 0 Å². The number of hydrogen-bond donors (Lipinski definition) is 3. The van der Waals surface area contributed by atoms with Crippen LogP contribution in [-0.4, -0.2) is 81.6 Å². The van der Waals surface area contributed by atoms with E-state index < -0.39 is 5.60 Å². The van der Waals surface area contributed by atoms with Crippen molar-refractivity contribution in [1.82, 2.24) is 20.9 Å². The number of morpholine rings is 1. The summed E-state index contributed by atoms with van der Waals surface area (Å²) in [6.07, 6.45) is 0.424. The minimum absolute atomic E-state index is 0. The number of aliphatic imine (C=N–C) groups is 1. The van der Waals surface area contributed by atoms with E-state index in [1.165, 1.54) is 0 Å². The van der Waals surface area contributed by atoms with Crippen molar-refractivity contribution in [2.75, 3.05) is 59.0 Å². The van der Waals surface area contributed by atoms with Crippen molar-refractivity contribution in [3.8, 4) is 0 Å². The minimum Gasteiger partial charge on any atom is -0.444 e. The predicted octanol–water partition coefficient (Wildman–Crippen LogP) is 2.04. The summed E-state index contributed by atoms with van der Waals surface area (Å²) in [7, 11) is 0. The molecular weight excluding hydrogens is 473 g/mol. The number of amides is 1. The van der Waals surface area contributed by atoms with Crippen LogP contribution in [0.5, 0.6) is 0 Å². The van der Waals surface area contributed by atoms with E-state index in [9.17, 15) is 4.79 Å². The molecule has 0 aromatic carbocycles. The molecule has 1 fully saturated rings. The van der Waals surface area contributed by atoms with Crippen molar-refractivity contribution in [2.24, 2.45) is 10.9 Å². The topological polar surface area (TPSA) is 87.2 Å². The molecule has 1 saturated heterocycles. The summed E-state index contributed by atoms with van der Waals surface area (Å²) in [5.74, 6) is 1.32. The smallest absolute Gasteiger partial charge is 0.407 e. The van der Waals surface area contributed by atoms with Crippen LogP contribution >= 0.6 is 24.0 Å². The highest BCUT2D eigenvalue weighted by Crippen LogP contribution is 2.06. The van der Waals surface area contributed by atoms with E-state index in [-0.39, 0.29) is 30.1 Å². The first-order chi connectivity index (χ1) is 12.8. The third-order valence-electron chi connectivity index (χ3n) is 3.89. The summed E-state index contributed by atoms with van der Waals surface area (Å²) < 4.78 is 10.6. The number of carbonyl (C=O) groups is 1. The quantitative estimate of drug-likeness (QED) is 0.189. The maximum Gasteiger partial charge on any atom is 0.407 e. The van der Waals surface area contributed by atoms with Gasteiger partial charge in [0.25, 0.3) is 0 Å². The fraction of sp³-hybridized carbons (Fsp3) is 0.895. The van der Waals surface area contributed by atoms with E-state index in [1.54, 1.807) is 0 Å². The molecule has 28 heavy (non-hydrogen) atoms. The molecule has 1 aliphatic rings. The average Bonchev–Trinajstić information content (AvgIpc) is 2.58. The van der Waals surface area contributed by atoms with E-state index in [0.29, 0.717) is 12.5 Å². The maximum atomic E-state index is 11.6. The van der Waals surface area contributed by atoms with Crippen LogP contribution in [0.2, 0.25) is 0 Å². The Morgan fingerprint density at radius 1 is 1.18 bits per heavy atom. The molecule has 0 radical (unpaired) electrons. The molecule has 0 aromatic rings. The van der Waals surface area contributed by atoms with Gasteiger partial charge in [-0.15, -0.1) is 24.0 Å². The summed E-state index contributed by atoms with van der Waals surface area (Å²) in [5.41, 5.74) is -0.467. The van der Waals surface area contributed by atoms with E-state index in [4.69, 9.17) is 9.47 Å². The van der Waals surface area contributed by atoms with Crippen LogP contribution in [0.15, 0.2) is 4.99 Å². The van der Waals surface area contributed by atoms with Crippen molar-refractivity contribution < 1.29 is 14.3 Å². The van der Waals surface area contributed by atoms with E-state index in [2.05, 4.69) is 39.7 Å². The van der Waals surface area contributed by atoms with E-state index in [1.807, 2.05) is 20.8 Å². The zero-order chi connectivity index (χ0) is 20.1. The number of hydrogen-bond acceptors (Lipinski definition) is 5. The summed E-state index contributed by atoms with van der Waals surface area (Å²) in [5, 5.41) is 9.34. The number of guanidine groups is 1. The van der Waals surface area contributed by atoms with Crippen molar-refractivity contribution in [2.45, 2.75) is 46.6 Å². The first-order valence-electron chi connectivity index (χ1n) is 10.1. The number of nitrogens with one attached hydrogen (secondary N) is 3. The van der Waals surface area contributed by atoms with Gasteiger partial charge < -0.3 is 25.4 Å². The van der Waals surface area contributed by atoms with Gasteiger partial charge in [-0.25, -0.2) is 4.79 Å². The van der Waals surface area contributed by atoms with Crippen molar-refractivity contribution in [1.29, 1.82) is 0 Å². The van der Waals surface area contributed by atoms with Gasteiger partial charge in [-0.3, -0.25) is 9.89 Å². The number of ether oxygens (including phenoxy) is 2. The SMILES string of the molecule is CCNC(=NCC(C)CN1CCOCC1)NCCCNC(=O)OC(C)(C)C.I. The fourth-order valence-corrected chi connectivity index (χ4v) is 2.67. The second-order valence-corrected chi connectivity index (χ2v) is 7.95. The normalized spacial score (nSPS) is 16.7. The Labute approximate surface area is 187 Å². The van der Waals surface area contributed by atoms with Crippen LogP contribution in [0.1, 0.15) is 41.0 Å². The number of nitrogens with zero attached hydrogens (tertiary/aromatic N) is 2. The molecule has 0 aromatic heterocycles. The van der Waals surface area contributed by atoms with Crippen LogP contribution in [-0.2, 0) is 9.47 Å². The van der Waals surface area contributed by atoms with Crippen LogP contribution in [0.25, 0.3) is 0 Å². The molecule has 0 saturated carbocycles. The first-order valence-corrected chi connectivity index (χ1v) is 10.1. The largest absolute Gasteiger partial charge is 0.444 e. The number of alkyl carbamates (subject to hydrolysis) is 1. The molecule has 3 N–H and O–H groups in total. The monoisotopic (exact) mass is 513 g/mol. The molecule has 9 heteroatoms. The van der Waals surface area contributed by atoms with Gasteiger partial charge >= 0.3 is 6.09 Å². The third-order valence-corrected chi connectivity index (χ3v) is 3.89. The number of rotatable bonds is 9. The maximum absolute atomic E-state index is 11.6. The lowest BCUT2D eigenvalue weighted by molar-refractivity contribution is 0.0323. The van der Waals surface area contributed by atoms with Crippen molar-refractivity contribution >= 4 is 36.0 Å². The molecule has 1 heterocycles. The highest BCUT2D eigenvalue weighted by Gasteiger charge is 2.15. The van der Waals surface area contributed by atoms with Gasteiger partial charge in [0.2, 0.25) is 0 Å². The van der Waals surface area contributed by atoms with Gasteiger partial charge in [0, 0.05) is 45.8 Å². The molecule has 1 amide bonds. The van der Waals surface area contributed by atoms with Crippen LogP contribution in [0.3, 0.4) is 0 Å². The number of carbonyl (C=O) groups excluding carboxylic acids is 1. The molecule has 0 spiro atoms. The molecule has 1 unspecified atom stereocenters. The molecule has 0 aliphatic carbocycles. The molecule has 1 atom stereocenters. The summed E-state index contributed by atoms with van der Waals surface area (Å²) >= 11 is 0. The predicted molar refractivity (Wildman–Crippen MR) is 125 cm³/mol. The van der Waals surface area contributed by atoms with Gasteiger partial charge in [0.15, 0.2) is 5.96 Å². The molecule has 8 nitrogen and oxygen atoms in total. The first kappa shape index (κ1) is 27.2. The van der Waals surface area contributed by atoms with Crippen LogP contribution in [0.4, 0.5) is 4.79 Å². The van der Waals surface area contributed by atoms with E-state index >= 15 is 0 Å². The Morgan fingerprint density at radius 3 is 2.43 bits per heavy atom. The summed E-state index contributed by atoms with van der Waals surface area (Å²) in [4.78, 5) is 18.7. The summed E-state index contributed by atoms with van der Waals surface area (Å²) in [6.45, 7) is 17.5. The molecule has 1 aliphatic heterocycles. The lowest BCUT2D eigenvalue weighted by Crippen LogP contribution is -2.41. The van der Waals surface area contributed by atoms with Crippen LogP contribution in [0, 0.1) is 5.92 Å². The zero-order valence-corrected chi connectivity index (χ0v) is 20.5. The zero-order valence-electron chi connectivity index (χ0n) is 18.2. The Morgan fingerprint density at radius 2 is 1.82 bits per heavy atom. The molecular formula is C19H40IN5O3. The lowest BCUT2D eigenvalue weighted by Gasteiger charge is -2.28. The van der Waals surface area contributed by atoms with E-state index in [0.717, 1.165) is 64.9 Å². The Hall–Kier alpha value is -0.810. The molecule has 0 bridgehead atoms. The second kappa shape index (κ2) is 15.1. The molecule has 166 valence electrons. The third kappa shape index (κ3) is 14.2. The molecule has 1 rings (SSSR count). The lowest BCUT2D eigenvalue weighted by atomic mass is 10.1. The summed E-state index contributed by atoms with van der Waals surface area (Å²) in [6, 6.07) is 0. The van der Waals surface area contributed by atoms with Gasteiger partial charge in [-0.05, 0) is 40.0 Å². The number of halogens is 1. The highest BCUT2D eigenvalue weighted by molar-refractivity contribution is 14.0. The van der Waals surface area contributed by atoms with Crippen molar-refractivity contribution in [3.05, 3.63) is 0 Å². The fourth-order valence-electron chi connectivity index (χ4n) is 2.67. The van der Waals surface area contributed by atoms with Gasteiger partial charge in [0.1, 0.15) is 5.60 Å². The Bertz CT molecular complexity index is 451. The standard InChI is InChI=1S/C19H39N5O3.HI/c1-6-20-17(21-8-7-9-22-18(25)27-19(3,4)5)23-14-16(2)15-24-10-12-26-13-11-24;/h16H,6-15H2,1-5H3,(H,22,25)(H2,20,21,23);1H. The highest BCUT2D eigenvalue weighted by atomic mass is 127. The van der Waals surface area contributed by atoms with Crippen molar-refractivity contribution in [3.63, 3.8) is 0 Å². The average molecular weight is 513 g/mol.